The van der Waals surface area contributed by atoms with Crippen molar-refractivity contribution in [1.82, 2.24) is 0 Å². The second kappa shape index (κ2) is 3.73. The summed E-state index contributed by atoms with van der Waals surface area (Å²) in [5, 5.41) is 3.08. The van der Waals surface area contributed by atoms with Gasteiger partial charge in [-0.3, -0.25) is 0 Å². The first-order valence-electron chi connectivity index (χ1n) is 4.31. The van der Waals surface area contributed by atoms with E-state index in [-0.39, 0.29) is 0 Å². The van der Waals surface area contributed by atoms with E-state index in [1.165, 1.54) is 5.56 Å². The lowest BCUT2D eigenvalue weighted by molar-refractivity contribution is 1.13. The van der Waals surface area contributed by atoms with Crippen LogP contribution in [-0.2, 0) is 0 Å². The van der Waals surface area contributed by atoms with Crippen LogP contribution in [0.2, 0.25) is 0 Å². The summed E-state index contributed by atoms with van der Waals surface area (Å²) in [6.45, 7) is 2.06. The maximum absolute atomic E-state index is 5.96. The van der Waals surface area contributed by atoms with Gasteiger partial charge in [0.2, 0.25) is 0 Å². The Morgan fingerprint density at radius 3 is 2.38 bits per heavy atom. The Morgan fingerprint density at radius 2 is 1.92 bits per heavy atom. The van der Waals surface area contributed by atoms with Gasteiger partial charge in [0.05, 0.1) is 0 Å². The molecule has 2 radical (unpaired) electrons. The molecule has 0 aromatic heterocycles. The summed E-state index contributed by atoms with van der Waals surface area (Å²) in [5.41, 5.74) is 4.06. The molecule has 0 aliphatic rings. The molecule has 0 aliphatic carbocycles. The predicted molar refractivity (Wildman–Crippen MR) is 60.4 cm³/mol. The summed E-state index contributed by atoms with van der Waals surface area (Å²) < 4.78 is 0. The lowest BCUT2D eigenvalue weighted by Gasteiger charge is -2.19. The van der Waals surface area contributed by atoms with Gasteiger partial charge in [0.1, 0.15) is 7.85 Å². The molecule has 0 bridgehead atoms. The third-order valence-corrected chi connectivity index (χ3v) is 2.05. The number of rotatable bonds is 2. The Kier molecular flexibility index (Phi) is 2.86. The summed E-state index contributed by atoms with van der Waals surface area (Å²) in [6, 6.07) is 4.12. The van der Waals surface area contributed by atoms with Crippen molar-refractivity contribution in [3.05, 3.63) is 17.7 Å². The van der Waals surface area contributed by atoms with E-state index in [2.05, 4.69) is 18.3 Å². The third kappa shape index (κ3) is 1.97. The Labute approximate surface area is 81.4 Å². The van der Waals surface area contributed by atoms with E-state index in [1.807, 2.05) is 32.1 Å². The first-order chi connectivity index (χ1) is 6.06. The van der Waals surface area contributed by atoms with Crippen molar-refractivity contribution in [2.24, 2.45) is 0 Å². The molecule has 0 saturated carbocycles. The van der Waals surface area contributed by atoms with E-state index in [9.17, 15) is 0 Å². The zero-order chi connectivity index (χ0) is 10.0. The van der Waals surface area contributed by atoms with Crippen molar-refractivity contribution in [3.8, 4) is 0 Å². The highest BCUT2D eigenvalue weighted by Crippen LogP contribution is 2.16. The van der Waals surface area contributed by atoms with Gasteiger partial charge >= 0.3 is 0 Å². The maximum Gasteiger partial charge on any atom is 0.119 e. The van der Waals surface area contributed by atoms with E-state index >= 15 is 0 Å². The van der Waals surface area contributed by atoms with Crippen LogP contribution in [0, 0.1) is 6.92 Å². The van der Waals surface area contributed by atoms with Crippen LogP contribution in [0.1, 0.15) is 5.56 Å². The first-order valence-corrected chi connectivity index (χ1v) is 4.31. The van der Waals surface area contributed by atoms with Gasteiger partial charge in [-0.05, 0) is 24.6 Å². The quantitative estimate of drug-likeness (QED) is 0.670. The molecule has 1 aromatic rings. The molecular formula is C10H15BN2. The van der Waals surface area contributed by atoms with Crippen LogP contribution in [0.4, 0.5) is 11.4 Å². The molecule has 0 fully saturated rings. The average Bonchev–Trinajstić information content (AvgIpc) is 2.08. The van der Waals surface area contributed by atoms with E-state index in [0.29, 0.717) is 0 Å². The normalized spacial score (nSPS) is 9.85. The van der Waals surface area contributed by atoms with Gasteiger partial charge < -0.3 is 10.2 Å². The minimum absolute atomic E-state index is 0.804. The molecule has 3 heteroatoms. The third-order valence-electron chi connectivity index (χ3n) is 2.05. The minimum Gasteiger partial charge on any atom is -0.389 e. The number of benzene rings is 1. The van der Waals surface area contributed by atoms with E-state index in [0.717, 1.165) is 16.8 Å². The molecule has 0 aliphatic heterocycles. The van der Waals surface area contributed by atoms with E-state index in [4.69, 9.17) is 7.85 Å². The monoisotopic (exact) mass is 174 g/mol. The van der Waals surface area contributed by atoms with Crippen LogP contribution >= 0.6 is 0 Å². The smallest absolute Gasteiger partial charge is 0.119 e. The van der Waals surface area contributed by atoms with Gasteiger partial charge in [0.15, 0.2) is 0 Å². The molecule has 0 spiro atoms. The molecule has 1 N–H and O–H groups in total. The molecule has 0 amide bonds. The standard InChI is InChI=1S/C10H15BN2/c1-7-5-8(12-2)10(11)9(6-7)13(3)4/h5-6,12H,1-4H3. The Balaban J connectivity index is 3.27. The molecule has 0 unspecified atom stereocenters. The molecule has 2 nitrogen and oxygen atoms in total. The summed E-state index contributed by atoms with van der Waals surface area (Å²) >= 11 is 0. The van der Waals surface area contributed by atoms with Crippen molar-refractivity contribution in [3.63, 3.8) is 0 Å². The molecule has 0 saturated heterocycles. The zero-order valence-electron chi connectivity index (χ0n) is 8.68. The molecule has 0 heterocycles. The zero-order valence-corrected chi connectivity index (χ0v) is 8.68. The fourth-order valence-electron chi connectivity index (χ4n) is 1.36. The van der Waals surface area contributed by atoms with Crippen molar-refractivity contribution in [2.45, 2.75) is 6.92 Å². The van der Waals surface area contributed by atoms with Gasteiger partial charge in [0, 0.05) is 32.5 Å². The van der Waals surface area contributed by atoms with Crippen LogP contribution < -0.4 is 15.7 Å². The van der Waals surface area contributed by atoms with Crippen LogP contribution in [0.15, 0.2) is 12.1 Å². The largest absolute Gasteiger partial charge is 0.389 e. The number of aryl methyl sites for hydroxylation is 1. The molecule has 1 rings (SSSR count). The second-order valence-electron chi connectivity index (χ2n) is 3.39. The van der Waals surface area contributed by atoms with Crippen LogP contribution in [0.25, 0.3) is 0 Å². The van der Waals surface area contributed by atoms with E-state index < -0.39 is 0 Å². The number of anilines is 2. The van der Waals surface area contributed by atoms with E-state index in [1.54, 1.807) is 0 Å². The van der Waals surface area contributed by atoms with Gasteiger partial charge in [-0.2, -0.15) is 0 Å². The highest BCUT2D eigenvalue weighted by atomic mass is 15.1. The number of nitrogens with zero attached hydrogens (tertiary/aromatic N) is 1. The maximum atomic E-state index is 5.96. The predicted octanol–water partition coefficient (Wildman–Crippen LogP) is 0.897. The minimum atomic E-state index is 0.804. The fraction of sp³-hybridized carbons (Fsp3) is 0.400. The molecule has 1 aromatic carbocycles. The van der Waals surface area contributed by atoms with Crippen molar-refractivity contribution < 1.29 is 0 Å². The van der Waals surface area contributed by atoms with Crippen LogP contribution in [0.5, 0.6) is 0 Å². The second-order valence-corrected chi connectivity index (χ2v) is 3.39. The molecule has 13 heavy (non-hydrogen) atoms. The summed E-state index contributed by atoms with van der Waals surface area (Å²) in [5.74, 6) is 0. The fourth-order valence-corrected chi connectivity index (χ4v) is 1.36. The van der Waals surface area contributed by atoms with Gasteiger partial charge in [0.25, 0.3) is 0 Å². The Bertz CT molecular complexity index is 308. The Hall–Kier alpha value is -1.12. The number of hydrogen-bond acceptors (Lipinski definition) is 2. The van der Waals surface area contributed by atoms with Crippen molar-refractivity contribution in [2.75, 3.05) is 31.4 Å². The van der Waals surface area contributed by atoms with Crippen LogP contribution in [-0.4, -0.2) is 29.0 Å². The lowest BCUT2D eigenvalue weighted by Crippen LogP contribution is -2.22. The van der Waals surface area contributed by atoms with Gasteiger partial charge in [-0.15, -0.1) is 0 Å². The average molecular weight is 174 g/mol. The van der Waals surface area contributed by atoms with Gasteiger partial charge in [-0.25, -0.2) is 0 Å². The molecular weight excluding hydrogens is 159 g/mol. The van der Waals surface area contributed by atoms with Crippen molar-refractivity contribution >= 4 is 24.7 Å². The highest BCUT2D eigenvalue weighted by Gasteiger charge is 2.04. The van der Waals surface area contributed by atoms with Crippen LogP contribution in [0.3, 0.4) is 0 Å². The molecule has 0 atom stereocenters. The molecule has 68 valence electrons. The summed E-state index contributed by atoms with van der Waals surface area (Å²) in [7, 11) is 11.8. The first kappa shape index (κ1) is 9.97. The Morgan fingerprint density at radius 1 is 1.31 bits per heavy atom. The SMILES string of the molecule is [B]c1c(NC)cc(C)cc1N(C)C. The summed E-state index contributed by atoms with van der Waals surface area (Å²) in [4.78, 5) is 2.02. The highest BCUT2D eigenvalue weighted by molar-refractivity contribution is 6.39. The van der Waals surface area contributed by atoms with Crippen molar-refractivity contribution in [1.29, 1.82) is 0 Å². The van der Waals surface area contributed by atoms with Gasteiger partial charge in [-0.1, -0.05) is 5.46 Å². The summed E-state index contributed by atoms with van der Waals surface area (Å²) in [6.07, 6.45) is 0. The topological polar surface area (TPSA) is 15.3 Å². The lowest BCUT2D eigenvalue weighted by atomic mass is 9.90. The number of hydrogen-bond donors (Lipinski definition) is 1. The number of nitrogens with one attached hydrogen (secondary N) is 1.